The number of hydrogen-bond acceptors (Lipinski definition) is 5. The molecule has 1 saturated heterocycles. The summed E-state index contributed by atoms with van der Waals surface area (Å²) in [6.07, 6.45) is 0.518. The Hall–Kier alpha value is -3.10. The number of benzene rings is 3. The summed E-state index contributed by atoms with van der Waals surface area (Å²) < 4.78 is 5.95. The van der Waals surface area contributed by atoms with Gasteiger partial charge in [-0.25, -0.2) is 9.86 Å². The molecule has 7 nitrogen and oxygen atoms in total. The van der Waals surface area contributed by atoms with Gasteiger partial charge in [-0.2, -0.15) is 0 Å². The number of carbonyl (C=O) groups is 1. The Morgan fingerprint density at radius 1 is 0.944 bits per heavy atom. The van der Waals surface area contributed by atoms with Crippen molar-refractivity contribution in [2.75, 3.05) is 45.9 Å². The molecule has 3 aromatic rings. The lowest BCUT2D eigenvalue weighted by Crippen LogP contribution is -2.48. The van der Waals surface area contributed by atoms with E-state index < -0.39 is 6.03 Å². The molecule has 1 heterocycles. The van der Waals surface area contributed by atoms with Crippen LogP contribution in [0.15, 0.2) is 78.9 Å². The lowest BCUT2D eigenvalue weighted by Gasteiger charge is -2.39. The first kappa shape index (κ1) is 26.0. The Morgan fingerprint density at radius 3 is 2.22 bits per heavy atom. The zero-order valence-electron chi connectivity index (χ0n) is 20.3. The maximum Gasteiger partial charge on any atom is 0.338 e. The Labute approximate surface area is 217 Å². The number of carbonyl (C=O) groups excluding carboxylic acids is 1. The highest BCUT2D eigenvalue weighted by molar-refractivity contribution is 6.30. The molecule has 8 heteroatoms. The third kappa shape index (κ3) is 7.21. The second-order valence-electron chi connectivity index (χ2n) is 8.95. The lowest BCUT2D eigenvalue weighted by molar-refractivity contribution is -0.0382. The fraction of sp³-hybridized carbons (Fsp3) is 0.321. The van der Waals surface area contributed by atoms with Crippen LogP contribution in [0.1, 0.15) is 22.7 Å². The first-order chi connectivity index (χ1) is 17.5. The van der Waals surface area contributed by atoms with Gasteiger partial charge < -0.3 is 10.5 Å². The van der Waals surface area contributed by atoms with E-state index in [2.05, 4.69) is 52.3 Å². The van der Waals surface area contributed by atoms with Crippen LogP contribution in [-0.4, -0.2) is 72.0 Å². The molecule has 1 aliphatic heterocycles. The minimum absolute atomic E-state index is 0.157. The molecular formula is C28H33ClN4O3. The number of rotatable bonds is 10. The van der Waals surface area contributed by atoms with Gasteiger partial charge in [0.1, 0.15) is 12.4 Å². The zero-order valence-corrected chi connectivity index (χ0v) is 21.1. The number of ether oxygens (including phenoxy) is 1. The van der Waals surface area contributed by atoms with Crippen molar-refractivity contribution in [2.24, 2.45) is 5.73 Å². The van der Waals surface area contributed by atoms with Crippen LogP contribution in [-0.2, 0) is 6.42 Å². The molecular weight excluding hydrogens is 476 g/mol. The minimum atomic E-state index is -0.851. The van der Waals surface area contributed by atoms with Gasteiger partial charge in [0.25, 0.3) is 0 Å². The molecule has 1 atom stereocenters. The van der Waals surface area contributed by atoms with Gasteiger partial charge in [-0.1, -0.05) is 66.2 Å². The topological polar surface area (TPSA) is 82.3 Å². The van der Waals surface area contributed by atoms with Crippen LogP contribution in [0.25, 0.3) is 0 Å². The number of nitrogens with zero attached hydrogens (tertiary/aromatic N) is 3. The molecule has 0 aliphatic carbocycles. The monoisotopic (exact) mass is 508 g/mol. The zero-order chi connectivity index (χ0) is 25.3. The molecule has 2 amide bonds. The van der Waals surface area contributed by atoms with Gasteiger partial charge in [0.05, 0.1) is 12.6 Å². The van der Waals surface area contributed by atoms with Gasteiger partial charge in [-0.05, 0) is 47.4 Å². The number of primary amides is 1. The molecule has 0 bridgehead atoms. The summed E-state index contributed by atoms with van der Waals surface area (Å²) in [7, 11) is 0. The second kappa shape index (κ2) is 12.7. The van der Waals surface area contributed by atoms with E-state index in [1.807, 2.05) is 36.4 Å². The molecule has 3 aromatic carbocycles. The van der Waals surface area contributed by atoms with E-state index in [1.165, 1.54) is 11.1 Å². The summed E-state index contributed by atoms with van der Waals surface area (Å²) in [6, 6.07) is 25.9. The van der Waals surface area contributed by atoms with E-state index >= 15 is 0 Å². The normalized spacial score (nSPS) is 15.4. The molecule has 36 heavy (non-hydrogen) atoms. The van der Waals surface area contributed by atoms with Gasteiger partial charge in [0, 0.05) is 37.7 Å². The third-order valence-electron chi connectivity index (χ3n) is 6.54. The number of piperazine rings is 1. The van der Waals surface area contributed by atoms with Gasteiger partial charge in [-0.15, -0.1) is 0 Å². The molecule has 0 radical (unpaired) electrons. The van der Waals surface area contributed by atoms with E-state index in [-0.39, 0.29) is 12.6 Å². The Bertz CT molecular complexity index is 1090. The predicted octanol–water partition coefficient (Wildman–Crippen LogP) is 4.44. The molecule has 1 aliphatic rings. The van der Waals surface area contributed by atoms with Crippen LogP contribution >= 0.6 is 11.6 Å². The van der Waals surface area contributed by atoms with Gasteiger partial charge in [0.2, 0.25) is 0 Å². The molecule has 1 fully saturated rings. The van der Waals surface area contributed by atoms with Crippen molar-refractivity contribution < 1.29 is 14.7 Å². The van der Waals surface area contributed by atoms with E-state index in [1.54, 1.807) is 0 Å². The molecule has 4 rings (SSSR count). The van der Waals surface area contributed by atoms with E-state index in [4.69, 9.17) is 22.1 Å². The van der Waals surface area contributed by atoms with Gasteiger partial charge in [0.15, 0.2) is 0 Å². The standard InChI is InChI=1S/C28H33ClN4O3/c29-25-10-8-24(9-11-25)27(23-4-2-1-3-5-23)32-18-16-31(17-19-32)20-21-36-26-12-6-22(7-13-26)14-15-33(35)28(30)34/h1-13,27,35H,14-21H2,(H2,30,34)/t27-/m1/s1. The number of hydrogen-bond donors (Lipinski definition) is 2. The van der Waals surface area contributed by atoms with Crippen LogP contribution < -0.4 is 10.5 Å². The Kier molecular flexibility index (Phi) is 9.19. The maximum absolute atomic E-state index is 10.9. The first-order valence-corrected chi connectivity index (χ1v) is 12.6. The average Bonchev–Trinajstić information content (AvgIpc) is 2.91. The number of urea groups is 1. The largest absolute Gasteiger partial charge is 0.492 e. The summed E-state index contributed by atoms with van der Waals surface area (Å²) >= 11 is 6.15. The summed E-state index contributed by atoms with van der Waals surface area (Å²) in [4.78, 5) is 15.9. The summed E-state index contributed by atoms with van der Waals surface area (Å²) in [5.41, 5.74) is 8.57. The maximum atomic E-state index is 10.9. The highest BCUT2D eigenvalue weighted by Crippen LogP contribution is 2.30. The van der Waals surface area contributed by atoms with Gasteiger partial charge >= 0.3 is 6.03 Å². The molecule has 0 spiro atoms. The Balaban J connectivity index is 1.25. The summed E-state index contributed by atoms with van der Waals surface area (Å²) in [5, 5.41) is 10.6. The minimum Gasteiger partial charge on any atom is -0.492 e. The van der Waals surface area contributed by atoms with E-state index in [9.17, 15) is 10.0 Å². The molecule has 0 unspecified atom stereocenters. The van der Waals surface area contributed by atoms with Crippen molar-refractivity contribution in [3.8, 4) is 5.75 Å². The first-order valence-electron chi connectivity index (χ1n) is 12.2. The number of hydroxylamine groups is 2. The van der Waals surface area contributed by atoms with Crippen LogP contribution in [0, 0.1) is 0 Å². The van der Waals surface area contributed by atoms with E-state index in [0.29, 0.717) is 18.1 Å². The fourth-order valence-electron chi connectivity index (χ4n) is 4.53. The Morgan fingerprint density at radius 2 is 1.58 bits per heavy atom. The van der Waals surface area contributed by atoms with Crippen molar-refractivity contribution in [1.29, 1.82) is 0 Å². The van der Waals surface area contributed by atoms with Crippen molar-refractivity contribution in [1.82, 2.24) is 14.9 Å². The number of nitrogens with two attached hydrogens (primary N) is 1. The average molecular weight is 509 g/mol. The molecule has 190 valence electrons. The van der Waals surface area contributed by atoms with Crippen molar-refractivity contribution >= 4 is 17.6 Å². The molecule has 0 aromatic heterocycles. The molecule has 0 saturated carbocycles. The van der Waals surface area contributed by atoms with Crippen molar-refractivity contribution in [3.63, 3.8) is 0 Å². The number of amides is 2. The van der Waals surface area contributed by atoms with Crippen LogP contribution in [0.2, 0.25) is 5.02 Å². The van der Waals surface area contributed by atoms with Crippen molar-refractivity contribution in [2.45, 2.75) is 12.5 Å². The highest BCUT2D eigenvalue weighted by Gasteiger charge is 2.26. The second-order valence-corrected chi connectivity index (χ2v) is 9.38. The predicted molar refractivity (Wildman–Crippen MR) is 141 cm³/mol. The van der Waals surface area contributed by atoms with Crippen LogP contribution in [0.3, 0.4) is 0 Å². The highest BCUT2D eigenvalue weighted by atomic mass is 35.5. The smallest absolute Gasteiger partial charge is 0.338 e. The van der Waals surface area contributed by atoms with Crippen LogP contribution in [0.5, 0.6) is 5.75 Å². The van der Waals surface area contributed by atoms with Gasteiger partial charge in [-0.3, -0.25) is 15.0 Å². The van der Waals surface area contributed by atoms with Crippen molar-refractivity contribution in [3.05, 3.63) is 101 Å². The lowest BCUT2D eigenvalue weighted by atomic mass is 9.96. The molecule has 3 N–H and O–H groups in total. The summed E-state index contributed by atoms with van der Waals surface area (Å²) in [6.45, 7) is 5.56. The summed E-state index contributed by atoms with van der Waals surface area (Å²) in [5.74, 6) is 0.806. The number of halogens is 1. The van der Waals surface area contributed by atoms with Crippen LogP contribution in [0.4, 0.5) is 4.79 Å². The quantitative estimate of drug-likeness (QED) is 0.312. The third-order valence-corrected chi connectivity index (χ3v) is 6.79. The SMILES string of the molecule is NC(=O)N(O)CCc1ccc(OCCN2CCN([C@H](c3ccccc3)c3ccc(Cl)cc3)CC2)cc1. The fourth-order valence-corrected chi connectivity index (χ4v) is 4.66. The van der Waals surface area contributed by atoms with E-state index in [0.717, 1.165) is 49.1 Å².